The quantitative estimate of drug-likeness (QED) is 0.432. The summed E-state index contributed by atoms with van der Waals surface area (Å²) in [4.78, 5) is 22.6. The molecule has 1 fully saturated rings. The fraction of sp³-hybridized carbons (Fsp3) is 0.154. The molecule has 1 aromatic heterocycles. The van der Waals surface area contributed by atoms with Gasteiger partial charge in [0.1, 0.15) is 0 Å². The van der Waals surface area contributed by atoms with Gasteiger partial charge in [0.2, 0.25) is 0 Å². The van der Waals surface area contributed by atoms with E-state index < -0.39 is 0 Å². The maximum Gasteiger partial charge on any atom is 0.254 e. The van der Waals surface area contributed by atoms with Gasteiger partial charge in [0, 0.05) is 47.8 Å². The number of amides is 1. The van der Waals surface area contributed by atoms with Crippen molar-refractivity contribution >= 4 is 34.1 Å². The molecule has 4 nitrogen and oxygen atoms in total. The molecule has 0 N–H and O–H groups in total. The summed E-state index contributed by atoms with van der Waals surface area (Å²) >= 11 is 6.42. The fourth-order valence-electron chi connectivity index (χ4n) is 4.14. The number of piperazine rings is 1. The van der Waals surface area contributed by atoms with E-state index in [-0.39, 0.29) is 5.91 Å². The van der Waals surface area contributed by atoms with Crippen LogP contribution in [-0.2, 0) is 0 Å². The number of anilines is 1. The molecule has 1 saturated heterocycles. The molecule has 154 valence electrons. The number of hydrogen-bond acceptors (Lipinski definition) is 3. The Bertz CT molecular complexity index is 1230. The van der Waals surface area contributed by atoms with Crippen molar-refractivity contribution in [1.82, 2.24) is 9.88 Å². The van der Waals surface area contributed by atoms with Crippen molar-refractivity contribution in [2.45, 2.75) is 0 Å². The summed E-state index contributed by atoms with van der Waals surface area (Å²) in [5.41, 5.74) is 4.22. The first-order valence-electron chi connectivity index (χ1n) is 10.4. The second-order valence-electron chi connectivity index (χ2n) is 7.67. The van der Waals surface area contributed by atoms with Crippen LogP contribution in [0.5, 0.6) is 0 Å². The molecule has 1 amide bonds. The normalized spacial score (nSPS) is 14.1. The molecular weight excluding hydrogens is 406 g/mol. The van der Waals surface area contributed by atoms with E-state index in [4.69, 9.17) is 16.6 Å². The number of halogens is 1. The summed E-state index contributed by atoms with van der Waals surface area (Å²) in [5, 5.41) is 1.49. The lowest BCUT2D eigenvalue weighted by Crippen LogP contribution is -2.48. The Hall–Kier alpha value is -3.37. The van der Waals surface area contributed by atoms with E-state index in [2.05, 4.69) is 17.0 Å². The van der Waals surface area contributed by atoms with Gasteiger partial charge in [-0.05, 0) is 30.3 Å². The van der Waals surface area contributed by atoms with Crippen LogP contribution in [0.1, 0.15) is 10.4 Å². The van der Waals surface area contributed by atoms with Gasteiger partial charge in [-0.15, -0.1) is 0 Å². The van der Waals surface area contributed by atoms with Crippen molar-refractivity contribution in [2.75, 3.05) is 31.1 Å². The summed E-state index contributed by atoms with van der Waals surface area (Å²) in [5.74, 6) is 0.0413. The number of carbonyl (C=O) groups excluding carboxylic acids is 1. The van der Waals surface area contributed by atoms with Crippen molar-refractivity contribution in [3.05, 3.63) is 95.5 Å². The highest BCUT2D eigenvalue weighted by atomic mass is 35.5. The third kappa shape index (κ3) is 3.87. The van der Waals surface area contributed by atoms with E-state index in [0.29, 0.717) is 23.7 Å². The topological polar surface area (TPSA) is 36.4 Å². The third-order valence-electron chi connectivity index (χ3n) is 5.78. The van der Waals surface area contributed by atoms with E-state index >= 15 is 0 Å². The number of nitrogens with zero attached hydrogens (tertiary/aromatic N) is 3. The Kier molecular flexibility index (Phi) is 5.31. The highest BCUT2D eigenvalue weighted by Crippen LogP contribution is 2.30. The number of para-hydroxylation sites is 2. The Balaban J connectivity index is 1.47. The van der Waals surface area contributed by atoms with Crippen molar-refractivity contribution in [2.24, 2.45) is 0 Å². The number of benzene rings is 3. The first-order valence-corrected chi connectivity index (χ1v) is 10.8. The average Bonchev–Trinajstić information content (AvgIpc) is 2.84. The van der Waals surface area contributed by atoms with E-state index in [1.165, 1.54) is 5.69 Å². The smallest absolute Gasteiger partial charge is 0.254 e. The zero-order valence-corrected chi connectivity index (χ0v) is 17.8. The Morgan fingerprint density at radius 1 is 0.806 bits per heavy atom. The first-order chi connectivity index (χ1) is 15.2. The van der Waals surface area contributed by atoms with Crippen molar-refractivity contribution in [3.8, 4) is 11.3 Å². The molecule has 5 heteroatoms. The van der Waals surface area contributed by atoms with Gasteiger partial charge >= 0.3 is 0 Å². The number of pyridine rings is 1. The van der Waals surface area contributed by atoms with Crippen LogP contribution in [0.25, 0.3) is 22.2 Å². The fourth-order valence-corrected chi connectivity index (χ4v) is 4.37. The largest absolute Gasteiger partial charge is 0.368 e. The molecule has 5 rings (SSSR count). The molecule has 0 atom stereocenters. The zero-order chi connectivity index (χ0) is 21.2. The maximum atomic E-state index is 13.6. The van der Waals surface area contributed by atoms with Gasteiger partial charge in [-0.2, -0.15) is 0 Å². The van der Waals surface area contributed by atoms with Gasteiger partial charge in [0.25, 0.3) is 5.91 Å². The minimum atomic E-state index is 0.0413. The number of carbonyl (C=O) groups is 1. The highest BCUT2D eigenvalue weighted by Gasteiger charge is 2.24. The molecule has 0 unspecified atom stereocenters. The first kappa shape index (κ1) is 19.6. The minimum absolute atomic E-state index is 0.0413. The second kappa shape index (κ2) is 8.40. The lowest BCUT2D eigenvalue weighted by molar-refractivity contribution is 0.0748. The molecule has 1 aliphatic heterocycles. The molecule has 0 spiro atoms. The molecule has 0 radical (unpaired) electrons. The summed E-state index contributed by atoms with van der Waals surface area (Å²) in [6.07, 6.45) is 0. The molecular formula is C26H22ClN3O. The second-order valence-corrected chi connectivity index (χ2v) is 8.07. The third-order valence-corrected chi connectivity index (χ3v) is 6.11. The van der Waals surface area contributed by atoms with Crippen LogP contribution in [-0.4, -0.2) is 42.0 Å². The number of hydrogen-bond donors (Lipinski definition) is 0. The van der Waals surface area contributed by atoms with Crippen LogP contribution in [0.15, 0.2) is 84.9 Å². The van der Waals surface area contributed by atoms with Crippen LogP contribution in [0.3, 0.4) is 0 Å². The number of fused-ring (bicyclic) bond motifs is 1. The molecule has 4 aromatic rings. The van der Waals surface area contributed by atoms with Crippen LogP contribution in [0.2, 0.25) is 5.02 Å². The van der Waals surface area contributed by atoms with E-state index in [1.54, 1.807) is 0 Å². The average molecular weight is 428 g/mol. The van der Waals surface area contributed by atoms with Gasteiger partial charge in [-0.1, -0.05) is 66.2 Å². The van der Waals surface area contributed by atoms with Crippen molar-refractivity contribution in [1.29, 1.82) is 0 Å². The zero-order valence-electron chi connectivity index (χ0n) is 17.0. The van der Waals surface area contributed by atoms with E-state index in [1.807, 2.05) is 77.7 Å². The maximum absolute atomic E-state index is 13.6. The standard InChI is InChI=1S/C26H22ClN3O/c27-23-12-6-4-11-21(23)25-18-22(20-10-5-7-13-24(20)28-25)26(31)30-16-14-29(15-17-30)19-8-2-1-3-9-19/h1-13,18H,14-17H2. The molecule has 0 bridgehead atoms. The molecule has 31 heavy (non-hydrogen) atoms. The summed E-state index contributed by atoms with van der Waals surface area (Å²) < 4.78 is 0. The van der Waals surface area contributed by atoms with Crippen LogP contribution in [0, 0.1) is 0 Å². The van der Waals surface area contributed by atoms with Crippen molar-refractivity contribution in [3.63, 3.8) is 0 Å². The van der Waals surface area contributed by atoms with Crippen LogP contribution < -0.4 is 4.90 Å². The Labute approximate surface area is 186 Å². The summed E-state index contributed by atoms with van der Waals surface area (Å²) in [6, 6.07) is 27.6. The van der Waals surface area contributed by atoms with Gasteiger partial charge in [-0.25, -0.2) is 4.98 Å². The predicted molar refractivity (Wildman–Crippen MR) is 127 cm³/mol. The van der Waals surface area contributed by atoms with Gasteiger partial charge in [-0.3, -0.25) is 4.79 Å². The monoisotopic (exact) mass is 427 g/mol. The number of rotatable bonds is 3. The molecule has 0 saturated carbocycles. The Morgan fingerprint density at radius 3 is 2.26 bits per heavy atom. The predicted octanol–water partition coefficient (Wildman–Crippen LogP) is 5.52. The van der Waals surface area contributed by atoms with Gasteiger partial charge in [0.15, 0.2) is 0 Å². The summed E-state index contributed by atoms with van der Waals surface area (Å²) in [6.45, 7) is 3.00. The molecule has 0 aliphatic carbocycles. The molecule has 2 heterocycles. The highest BCUT2D eigenvalue weighted by molar-refractivity contribution is 6.33. The van der Waals surface area contributed by atoms with Crippen LogP contribution >= 0.6 is 11.6 Å². The molecule has 1 aliphatic rings. The van der Waals surface area contributed by atoms with Crippen LogP contribution in [0.4, 0.5) is 5.69 Å². The molecule has 3 aromatic carbocycles. The van der Waals surface area contributed by atoms with Gasteiger partial charge in [0.05, 0.1) is 16.8 Å². The Morgan fingerprint density at radius 2 is 1.48 bits per heavy atom. The lowest BCUT2D eigenvalue weighted by Gasteiger charge is -2.36. The van der Waals surface area contributed by atoms with Gasteiger partial charge < -0.3 is 9.80 Å². The number of aromatic nitrogens is 1. The SMILES string of the molecule is O=C(c1cc(-c2ccccc2Cl)nc2ccccc12)N1CCN(c2ccccc2)CC1. The van der Waals surface area contributed by atoms with E-state index in [0.717, 1.165) is 35.2 Å². The summed E-state index contributed by atoms with van der Waals surface area (Å²) in [7, 11) is 0. The van der Waals surface area contributed by atoms with E-state index in [9.17, 15) is 4.79 Å². The minimum Gasteiger partial charge on any atom is -0.368 e. The van der Waals surface area contributed by atoms with Crippen molar-refractivity contribution < 1.29 is 4.79 Å². The lowest BCUT2D eigenvalue weighted by atomic mass is 10.0.